The Bertz CT molecular complexity index is 294. The number of carbonyl (C=O) groups excluding carboxylic acids is 1. The van der Waals surface area contributed by atoms with Gasteiger partial charge in [-0.15, -0.1) is 0 Å². The van der Waals surface area contributed by atoms with E-state index in [0.29, 0.717) is 18.5 Å². The third-order valence-corrected chi connectivity index (χ3v) is 4.77. The molecule has 4 heteroatoms. The van der Waals surface area contributed by atoms with Gasteiger partial charge in [0.25, 0.3) is 0 Å². The minimum Gasteiger partial charge on any atom is -0.352 e. The molecule has 0 aromatic carbocycles. The molecule has 0 aromatic rings. The molecule has 1 heterocycles. The van der Waals surface area contributed by atoms with Crippen LogP contribution in [0, 0.1) is 5.92 Å². The first-order valence-electron chi connectivity index (χ1n) is 8.96. The molecule has 1 unspecified atom stereocenters. The van der Waals surface area contributed by atoms with Crippen molar-refractivity contribution in [2.24, 2.45) is 5.92 Å². The molecule has 0 spiro atoms. The Morgan fingerprint density at radius 2 is 1.76 bits per heavy atom. The fraction of sp³-hybridized carbons (Fsp3) is 0.941. The van der Waals surface area contributed by atoms with Crippen molar-refractivity contribution in [3.63, 3.8) is 0 Å². The Hall–Kier alpha value is -0.610. The Balaban J connectivity index is 1.53. The molecule has 1 saturated carbocycles. The first-order chi connectivity index (χ1) is 10.2. The second-order valence-corrected chi connectivity index (χ2v) is 7.00. The lowest BCUT2D eigenvalue weighted by atomic mass is 10.1. The van der Waals surface area contributed by atoms with Crippen molar-refractivity contribution < 1.29 is 4.79 Å². The van der Waals surface area contributed by atoms with E-state index >= 15 is 0 Å². The summed E-state index contributed by atoms with van der Waals surface area (Å²) in [6, 6.07) is 0.420. The Morgan fingerprint density at radius 3 is 2.43 bits per heavy atom. The van der Waals surface area contributed by atoms with Crippen LogP contribution in [-0.4, -0.2) is 49.6 Å². The van der Waals surface area contributed by atoms with E-state index in [1.165, 1.54) is 51.6 Å². The second kappa shape index (κ2) is 9.42. The molecule has 1 aliphatic heterocycles. The molecule has 2 fully saturated rings. The van der Waals surface area contributed by atoms with Crippen molar-refractivity contribution in [3.05, 3.63) is 0 Å². The maximum absolute atomic E-state index is 12.0. The summed E-state index contributed by atoms with van der Waals surface area (Å²) in [6.07, 6.45) is 10.2. The molecule has 1 saturated heterocycles. The number of rotatable bonds is 7. The molecule has 0 aromatic heterocycles. The highest BCUT2D eigenvalue weighted by atomic mass is 16.1. The van der Waals surface area contributed by atoms with Gasteiger partial charge >= 0.3 is 0 Å². The molecule has 122 valence electrons. The van der Waals surface area contributed by atoms with Gasteiger partial charge in [-0.25, -0.2) is 0 Å². The molecular weight excluding hydrogens is 262 g/mol. The van der Waals surface area contributed by atoms with Crippen LogP contribution >= 0.6 is 0 Å². The SMILES string of the molecule is CC(CNCC(=O)NC1CCCCCC1)CN1CCCC1. The number of hydrogen-bond donors (Lipinski definition) is 2. The molecule has 4 nitrogen and oxygen atoms in total. The Kier molecular flexibility index (Phi) is 7.51. The fourth-order valence-electron chi connectivity index (χ4n) is 3.61. The van der Waals surface area contributed by atoms with Crippen molar-refractivity contribution in [3.8, 4) is 0 Å². The predicted octanol–water partition coefficient (Wildman–Crippen LogP) is 2.15. The summed E-state index contributed by atoms with van der Waals surface area (Å²) in [4.78, 5) is 14.5. The zero-order valence-electron chi connectivity index (χ0n) is 13.7. The van der Waals surface area contributed by atoms with Gasteiger partial charge in [-0.2, -0.15) is 0 Å². The fourth-order valence-corrected chi connectivity index (χ4v) is 3.61. The first-order valence-corrected chi connectivity index (χ1v) is 8.96. The molecule has 2 aliphatic rings. The average molecular weight is 295 g/mol. The minimum atomic E-state index is 0.176. The molecule has 2 N–H and O–H groups in total. The Morgan fingerprint density at radius 1 is 1.10 bits per heavy atom. The molecule has 2 rings (SSSR count). The van der Waals surface area contributed by atoms with Gasteiger partial charge in [0.15, 0.2) is 0 Å². The van der Waals surface area contributed by atoms with Gasteiger partial charge in [-0.3, -0.25) is 4.79 Å². The zero-order valence-corrected chi connectivity index (χ0v) is 13.7. The van der Waals surface area contributed by atoms with E-state index in [-0.39, 0.29) is 5.91 Å². The van der Waals surface area contributed by atoms with E-state index in [9.17, 15) is 4.79 Å². The highest BCUT2D eigenvalue weighted by molar-refractivity contribution is 5.78. The van der Waals surface area contributed by atoms with E-state index in [1.54, 1.807) is 0 Å². The molecule has 1 aliphatic carbocycles. The third-order valence-electron chi connectivity index (χ3n) is 4.77. The number of likely N-dealkylation sites (tertiary alicyclic amines) is 1. The van der Waals surface area contributed by atoms with E-state index in [0.717, 1.165) is 25.9 Å². The average Bonchev–Trinajstić information content (AvgIpc) is 2.82. The number of hydrogen-bond acceptors (Lipinski definition) is 3. The normalized spacial score (nSPS) is 22.9. The van der Waals surface area contributed by atoms with Gasteiger partial charge in [0.1, 0.15) is 0 Å². The molecule has 21 heavy (non-hydrogen) atoms. The second-order valence-electron chi connectivity index (χ2n) is 7.00. The first kappa shape index (κ1) is 16.8. The maximum Gasteiger partial charge on any atom is 0.234 e. The number of nitrogens with one attached hydrogen (secondary N) is 2. The topological polar surface area (TPSA) is 44.4 Å². The van der Waals surface area contributed by atoms with Crippen LogP contribution in [0.5, 0.6) is 0 Å². The summed E-state index contributed by atoms with van der Waals surface area (Å²) >= 11 is 0. The lowest BCUT2D eigenvalue weighted by Crippen LogP contribution is -2.42. The summed E-state index contributed by atoms with van der Waals surface area (Å²) in [7, 11) is 0. The van der Waals surface area contributed by atoms with Crippen LogP contribution in [0.4, 0.5) is 0 Å². The highest BCUT2D eigenvalue weighted by Gasteiger charge is 2.16. The van der Waals surface area contributed by atoms with Crippen molar-refractivity contribution >= 4 is 5.91 Å². The molecule has 1 amide bonds. The van der Waals surface area contributed by atoms with E-state index in [4.69, 9.17) is 0 Å². The molecule has 1 atom stereocenters. The van der Waals surface area contributed by atoms with Crippen LogP contribution in [-0.2, 0) is 4.79 Å². The van der Waals surface area contributed by atoms with Gasteiger partial charge in [-0.05, 0) is 51.2 Å². The summed E-state index contributed by atoms with van der Waals surface area (Å²) < 4.78 is 0. The molecular formula is C17H33N3O. The van der Waals surface area contributed by atoms with Gasteiger partial charge in [0, 0.05) is 12.6 Å². The lowest BCUT2D eigenvalue weighted by Gasteiger charge is -2.21. The predicted molar refractivity (Wildman–Crippen MR) is 87.3 cm³/mol. The summed E-state index contributed by atoms with van der Waals surface area (Å²) in [5.41, 5.74) is 0. The number of nitrogens with zero attached hydrogens (tertiary/aromatic N) is 1. The van der Waals surface area contributed by atoms with Gasteiger partial charge in [0.2, 0.25) is 5.91 Å². The lowest BCUT2D eigenvalue weighted by molar-refractivity contribution is -0.121. The summed E-state index contributed by atoms with van der Waals surface area (Å²) in [5.74, 6) is 0.795. The van der Waals surface area contributed by atoms with Crippen molar-refractivity contribution in [2.45, 2.75) is 64.3 Å². The zero-order chi connectivity index (χ0) is 14.9. The monoisotopic (exact) mass is 295 g/mol. The van der Waals surface area contributed by atoms with Crippen molar-refractivity contribution in [1.29, 1.82) is 0 Å². The van der Waals surface area contributed by atoms with Crippen molar-refractivity contribution in [2.75, 3.05) is 32.7 Å². The summed E-state index contributed by atoms with van der Waals surface area (Å²) in [5, 5.41) is 6.52. The molecule has 0 bridgehead atoms. The van der Waals surface area contributed by atoms with Gasteiger partial charge < -0.3 is 15.5 Å². The minimum absolute atomic E-state index is 0.176. The van der Waals surface area contributed by atoms with E-state index < -0.39 is 0 Å². The third kappa shape index (κ3) is 6.79. The summed E-state index contributed by atoms with van der Waals surface area (Å²) in [6.45, 7) is 7.36. The van der Waals surface area contributed by atoms with E-state index in [1.807, 2.05) is 0 Å². The van der Waals surface area contributed by atoms with Crippen LogP contribution in [0.25, 0.3) is 0 Å². The largest absolute Gasteiger partial charge is 0.352 e. The van der Waals surface area contributed by atoms with Crippen molar-refractivity contribution in [1.82, 2.24) is 15.5 Å². The maximum atomic E-state index is 12.0. The van der Waals surface area contributed by atoms with Crippen LogP contribution in [0.1, 0.15) is 58.3 Å². The van der Waals surface area contributed by atoms with Crippen LogP contribution in [0.2, 0.25) is 0 Å². The molecule has 0 radical (unpaired) electrons. The standard InChI is InChI=1S/C17H33N3O/c1-15(14-20-10-6-7-11-20)12-18-13-17(21)19-16-8-4-2-3-5-9-16/h15-16,18H,2-14H2,1H3,(H,19,21). The smallest absolute Gasteiger partial charge is 0.234 e. The highest BCUT2D eigenvalue weighted by Crippen LogP contribution is 2.17. The Labute approximate surface area is 130 Å². The van der Waals surface area contributed by atoms with Gasteiger partial charge in [0.05, 0.1) is 6.54 Å². The van der Waals surface area contributed by atoms with Crippen LogP contribution in [0.3, 0.4) is 0 Å². The van der Waals surface area contributed by atoms with Gasteiger partial charge in [-0.1, -0.05) is 32.6 Å². The van der Waals surface area contributed by atoms with Crippen LogP contribution in [0.15, 0.2) is 0 Å². The quantitative estimate of drug-likeness (QED) is 0.707. The van der Waals surface area contributed by atoms with Crippen LogP contribution < -0.4 is 10.6 Å². The van der Waals surface area contributed by atoms with E-state index in [2.05, 4.69) is 22.5 Å². The number of carbonyl (C=O) groups is 1. The number of amides is 1.